The number of ether oxygens (including phenoxy) is 1. The van der Waals surface area contributed by atoms with Gasteiger partial charge in [0.2, 0.25) is 0 Å². The van der Waals surface area contributed by atoms with Gasteiger partial charge in [-0.2, -0.15) is 0 Å². The van der Waals surface area contributed by atoms with Crippen LogP contribution in [0.1, 0.15) is 29.3 Å². The quantitative estimate of drug-likeness (QED) is 0.298. The minimum absolute atomic E-state index is 0.0489. The average Bonchev–Trinajstić information content (AvgIpc) is 3.47. The molecule has 0 spiro atoms. The largest absolute Gasteiger partial charge is 0.384 e. The van der Waals surface area contributed by atoms with Crippen LogP contribution in [0.3, 0.4) is 0 Å². The van der Waals surface area contributed by atoms with Crippen LogP contribution in [0.15, 0.2) is 24.3 Å². The zero-order valence-electron chi connectivity index (χ0n) is 16.4. The number of carbonyl (C=O) groups is 2. The zero-order valence-corrected chi connectivity index (χ0v) is 16.4. The molecule has 2 rings (SSSR count). The van der Waals surface area contributed by atoms with Crippen molar-refractivity contribution in [2.45, 2.75) is 31.4 Å². The molecule has 30 heavy (non-hydrogen) atoms. The summed E-state index contributed by atoms with van der Waals surface area (Å²) in [6.45, 7) is 1.36. The third-order valence-corrected chi connectivity index (χ3v) is 4.65. The van der Waals surface area contributed by atoms with Crippen molar-refractivity contribution in [2.75, 3.05) is 13.7 Å². The number of amides is 2. The molecule has 0 radical (unpaired) electrons. The fourth-order valence-electron chi connectivity index (χ4n) is 2.64. The molecule has 4 atom stereocenters. The maximum absolute atomic E-state index is 13.0. The Morgan fingerprint density at radius 2 is 1.97 bits per heavy atom. The molecule has 7 nitrogen and oxygen atoms in total. The Labute approximate surface area is 172 Å². The Morgan fingerprint density at radius 1 is 1.30 bits per heavy atom. The van der Waals surface area contributed by atoms with Crippen LogP contribution in [-0.4, -0.2) is 53.9 Å². The molecule has 0 saturated heterocycles. The molecule has 1 aromatic carbocycles. The van der Waals surface area contributed by atoms with Crippen LogP contribution >= 0.6 is 0 Å². The number of rotatable bonds is 7. The predicted molar refractivity (Wildman–Crippen MR) is 102 cm³/mol. The van der Waals surface area contributed by atoms with Crippen LogP contribution in [0, 0.1) is 35.5 Å². The third kappa shape index (κ3) is 6.01. The van der Waals surface area contributed by atoms with E-state index < -0.39 is 29.9 Å². The molecule has 0 bridgehead atoms. The maximum atomic E-state index is 13.0. The molecule has 1 saturated carbocycles. The minimum atomic E-state index is -3.35. The van der Waals surface area contributed by atoms with Crippen LogP contribution in [-0.2, 0) is 9.53 Å². The molecule has 1 aliphatic carbocycles. The molecule has 2 amide bonds. The van der Waals surface area contributed by atoms with Gasteiger partial charge in [0.25, 0.3) is 18.2 Å². The fourth-order valence-corrected chi connectivity index (χ4v) is 2.64. The SMILES string of the molecule is COCC1CC1C#CC#Cc1ccc(C(=O)N[C@H](C(=O)NO)C(C)(O)C(F)F)cc1. The summed E-state index contributed by atoms with van der Waals surface area (Å²) < 4.78 is 31.1. The molecule has 9 heteroatoms. The summed E-state index contributed by atoms with van der Waals surface area (Å²) in [5.41, 5.74) is -1.11. The highest BCUT2D eigenvalue weighted by Crippen LogP contribution is 2.37. The van der Waals surface area contributed by atoms with Crippen molar-refractivity contribution >= 4 is 11.8 Å². The number of benzene rings is 1. The van der Waals surface area contributed by atoms with Gasteiger partial charge in [0.05, 0.1) is 6.61 Å². The standard InChI is InChI=1S/C21H22F2N2O5/c1-21(28,20(22)23)17(19(27)25-29)24-18(26)14-9-7-13(8-10-14)5-3-4-6-15-11-16(15)12-30-2/h7-10,15-17,20,28-29H,11-12H2,1-2H3,(H,24,26)(H,25,27)/t15?,16?,17-,21?/m1/s1. The lowest BCUT2D eigenvalue weighted by Gasteiger charge is -2.30. The van der Waals surface area contributed by atoms with Gasteiger partial charge < -0.3 is 15.2 Å². The van der Waals surface area contributed by atoms with E-state index >= 15 is 0 Å². The van der Waals surface area contributed by atoms with Gasteiger partial charge in [0.15, 0.2) is 5.60 Å². The van der Waals surface area contributed by atoms with E-state index in [9.17, 15) is 23.5 Å². The molecule has 1 aliphatic rings. The Kier molecular flexibility index (Phi) is 7.90. The number of nitrogens with one attached hydrogen (secondary N) is 2. The van der Waals surface area contributed by atoms with Gasteiger partial charge in [-0.15, -0.1) is 0 Å². The highest BCUT2D eigenvalue weighted by Gasteiger charge is 2.46. The van der Waals surface area contributed by atoms with Crippen LogP contribution in [0.2, 0.25) is 0 Å². The van der Waals surface area contributed by atoms with Gasteiger partial charge >= 0.3 is 0 Å². The summed E-state index contributed by atoms with van der Waals surface area (Å²) in [5.74, 6) is 9.87. The van der Waals surface area contributed by atoms with Crippen LogP contribution in [0.4, 0.5) is 8.78 Å². The maximum Gasteiger partial charge on any atom is 0.269 e. The molecule has 1 aromatic rings. The van der Waals surface area contributed by atoms with Gasteiger partial charge in [0.1, 0.15) is 6.04 Å². The number of hydrogen-bond acceptors (Lipinski definition) is 5. The molecule has 4 N–H and O–H groups in total. The summed E-state index contributed by atoms with van der Waals surface area (Å²) in [5, 5.41) is 20.5. The van der Waals surface area contributed by atoms with E-state index in [1.54, 1.807) is 7.11 Å². The van der Waals surface area contributed by atoms with Crippen LogP contribution in [0.25, 0.3) is 0 Å². The third-order valence-electron chi connectivity index (χ3n) is 4.65. The first-order chi connectivity index (χ1) is 14.2. The topological polar surface area (TPSA) is 108 Å². The van der Waals surface area contributed by atoms with Crippen LogP contribution < -0.4 is 10.8 Å². The van der Waals surface area contributed by atoms with Crippen molar-refractivity contribution < 1.29 is 33.4 Å². The van der Waals surface area contributed by atoms with Crippen molar-refractivity contribution in [2.24, 2.45) is 11.8 Å². The molecular formula is C21H22F2N2O5. The number of aliphatic hydroxyl groups is 1. The monoisotopic (exact) mass is 420 g/mol. The number of hydroxylamine groups is 1. The van der Waals surface area contributed by atoms with E-state index in [2.05, 4.69) is 23.7 Å². The second kappa shape index (κ2) is 10.2. The number of hydrogen-bond donors (Lipinski definition) is 4. The van der Waals surface area contributed by atoms with E-state index in [0.29, 0.717) is 30.9 Å². The lowest BCUT2D eigenvalue weighted by atomic mass is 9.95. The lowest BCUT2D eigenvalue weighted by Crippen LogP contribution is -2.61. The Balaban J connectivity index is 2.02. The fraction of sp³-hybridized carbons (Fsp3) is 0.429. The summed E-state index contributed by atoms with van der Waals surface area (Å²) >= 11 is 0. The second-order valence-electron chi connectivity index (χ2n) is 7.06. The average molecular weight is 420 g/mol. The molecular weight excluding hydrogens is 398 g/mol. The van der Waals surface area contributed by atoms with E-state index in [1.165, 1.54) is 24.3 Å². The predicted octanol–water partition coefficient (Wildman–Crippen LogP) is 0.944. The van der Waals surface area contributed by atoms with Crippen molar-refractivity contribution in [3.05, 3.63) is 35.4 Å². The van der Waals surface area contributed by atoms with Crippen molar-refractivity contribution in [1.29, 1.82) is 0 Å². The summed E-state index contributed by atoms with van der Waals surface area (Å²) in [4.78, 5) is 23.9. The summed E-state index contributed by atoms with van der Waals surface area (Å²) in [6.07, 6.45) is -2.35. The Hall–Kier alpha value is -2.98. The molecule has 1 fully saturated rings. The van der Waals surface area contributed by atoms with Gasteiger partial charge in [-0.3, -0.25) is 14.8 Å². The normalized spacial score (nSPS) is 20.0. The molecule has 160 valence electrons. The number of methoxy groups -OCH3 is 1. The highest BCUT2D eigenvalue weighted by molar-refractivity contribution is 5.97. The number of alkyl halides is 2. The van der Waals surface area contributed by atoms with E-state index in [1.807, 2.05) is 5.32 Å². The summed E-state index contributed by atoms with van der Waals surface area (Å²) in [6, 6.07) is 3.75. The van der Waals surface area contributed by atoms with Crippen molar-refractivity contribution in [3.8, 4) is 23.7 Å². The van der Waals surface area contributed by atoms with Crippen molar-refractivity contribution in [1.82, 2.24) is 10.8 Å². The van der Waals surface area contributed by atoms with E-state index in [-0.39, 0.29) is 5.56 Å². The number of halogens is 2. The Bertz CT molecular complexity index is 894. The number of carbonyl (C=O) groups excluding carboxylic acids is 2. The van der Waals surface area contributed by atoms with E-state index in [4.69, 9.17) is 9.94 Å². The van der Waals surface area contributed by atoms with Crippen molar-refractivity contribution in [3.63, 3.8) is 0 Å². The van der Waals surface area contributed by atoms with Gasteiger partial charge in [-0.05, 0) is 55.4 Å². The minimum Gasteiger partial charge on any atom is -0.384 e. The molecule has 0 aliphatic heterocycles. The Morgan fingerprint density at radius 3 is 2.53 bits per heavy atom. The van der Waals surface area contributed by atoms with Gasteiger partial charge in [0, 0.05) is 24.2 Å². The van der Waals surface area contributed by atoms with Gasteiger partial charge in [-0.25, -0.2) is 14.3 Å². The zero-order chi connectivity index (χ0) is 22.3. The summed E-state index contributed by atoms with van der Waals surface area (Å²) in [7, 11) is 1.65. The lowest BCUT2D eigenvalue weighted by molar-refractivity contribution is -0.149. The highest BCUT2D eigenvalue weighted by atomic mass is 19.3. The molecule has 3 unspecified atom stereocenters. The molecule has 0 heterocycles. The van der Waals surface area contributed by atoms with E-state index in [0.717, 1.165) is 11.9 Å². The van der Waals surface area contributed by atoms with Crippen LogP contribution in [0.5, 0.6) is 0 Å². The second-order valence-corrected chi connectivity index (χ2v) is 7.06. The smallest absolute Gasteiger partial charge is 0.269 e. The van der Waals surface area contributed by atoms with Gasteiger partial charge in [-0.1, -0.05) is 11.8 Å². The first-order valence-electron chi connectivity index (χ1n) is 9.06. The molecule has 0 aromatic heterocycles. The first kappa shape index (κ1) is 23.3. The first-order valence-corrected chi connectivity index (χ1v) is 9.06.